The maximum Gasteiger partial charge on any atom is 0.279 e. The summed E-state index contributed by atoms with van der Waals surface area (Å²) in [5, 5.41) is 5.16. The van der Waals surface area contributed by atoms with Gasteiger partial charge in [0.05, 0.1) is 4.88 Å². The third-order valence-electron chi connectivity index (χ3n) is 4.68. The van der Waals surface area contributed by atoms with Crippen LogP contribution in [0.25, 0.3) is 0 Å². The fourth-order valence-corrected chi connectivity index (χ4v) is 4.48. The van der Waals surface area contributed by atoms with Crippen LogP contribution in [0.1, 0.15) is 57.7 Å². The Kier molecular flexibility index (Phi) is 6.51. The fraction of sp³-hybridized carbons (Fsp3) is 0.333. The molecule has 1 aromatic heterocycles. The second kappa shape index (κ2) is 9.08. The number of fused-ring (bicyclic) bond motifs is 1. The molecule has 158 valence electrons. The smallest absolute Gasteiger partial charge is 0.279 e. The van der Waals surface area contributed by atoms with Crippen molar-refractivity contribution >= 4 is 46.3 Å². The van der Waals surface area contributed by atoms with Gasteiger partial charge in [0.2, 0.25) is 11.8 Å². The molecule has 1 aromatic carbocycles. The Morgan fingerprint density at radius 3 is 2.10 bits per heavy atom. The number of hydrogen-bond acceptors (Lipinski definition) is 5. The highest BCUT2D eigenvalue weighted by Crippen LogP contribution is 2.32. The van der Waals surface area contributed by atoms with Gasteiger partial charge in [-0.25, -0.2) is 0 Å². The van der Waals surface area contributed by atoms with Crippen LogP contribution < -0.4 is 21.5 Å². The van der Waals surface area contributed by atoms with Crippen molar-refractivity contribution in [2.45, 2.75) is 40.0 Å². The molecule has 0 saturated heterocycles. The predicted octanol–water partition coefficient (Wildman–Crippen LogP) is 2.86. The molecule has 0 aliphatic heterocycles. The molecule has 4 N–H and O–H groups in total. The summed E-state index contributed by atoms with van der Waals surface area (Å²) in [4.78, 5) is 49.5. The number of benzene rings is 1. The van der Waals surface area contributed by atoms with E-state index in [1.165, 1.54) is 53.8 Å². The van der Waals surface area contributed by atoms with Crippen molar-refractivity contribution in [1.82, 2.24) is 10.9 Å². The minimum atomic E-state index is -0.572. The van der Waals surface area contributed by atoms with Gasteiger partial charge in [-0.1, -0.05) is 6.92 Å². The number of hydrogen-bond donors (Lipinski definition) is 4. The highest BCUT2D eigenvalue weighted by atomic mass is 32.1. The van der Waals surface area contributed by atoms with Crippen LogP contribution in [0.4, 0.5) is 11.4 Å². The molecule has 1 unspecified atom stereocenters. The van der Waals surface area contributed by atoms with Crippen molar-refractivity contribution in [3.8, 4) is 0 Å². The number of hydrazine groups is 1. The predicted molar refractivity (Wildman–Crippen MR) is 115 cm³/mol. The van der Waals surface area contributed by atoms with Crippen LogP contribution in [-0.2, 0) is 22.4 Å². The molecule has 4 amide bonds. The maximum absolute atomic E-state index is 12.5. The van der Waals surface area contributed by atoms with Gasteiger partial charge in [0.25, 0.3) is 11.8 Å². The molecule has 0 fully saturated rings. The molecule has 1 aliphatic rings. The van der Waals surface area contributed by atoms with Crippen molar-refractivity contribution in [3.63, 3.8) is 0 Å². The topological polar surface area (TPSA) is 116 Å². The summed E-state index contributed by atoms with van der Waals surface area (Å²) >= 11 is 1.45. The van der Waals surface area contributed by atoms with Gasteiger partial charge in [0, 0.05) is 35.7 Å². The van der Waals surface area contributed by atoms with Gasteiger partial charge in [-0.3, -0.25) is 30.0 Å². The summed E-state index contributed by atoms with van der Waals surface area (Å²) in [5.74, 6) is -0.972. The first-order chi connectivity index (χ1) is 14.2. The molecule has 3 rings (SSSR count). The molecular formula is C21H24N4O4S. The second-order valence-electron chi connectivity index (χ2n) is 7.48. The molecule has 1 heterocycles. The van der Waals surface area contributed by atoms with Gasteiger partial charge >= 0.3 is 0 Å². The van der Waals surface area contributed by atoms with E-state index in [4.69, 9.17) is 0 Å². The van der Waals surface area contributed by atoms with Crippen LogP contribution in [0.2, 0.25) is 0 Å². The summed E-state index contributed by atoms with van der Waals surface area (Å²) in [6.07, 6.45) is 3.06. The third-order valence-corrected chi connectivity index (χ3v) is 5.91. The van der Waals surface area contributed by atoms with Crippen LogP contribution >= 0.6 is 11.3 Å². The SMILES string of the molecule is CC(=O)Nc1cc(NC(C)=O)cc(C(=O)NNC(=O)c2cc3c(s2)CCC(C)C3)c1. The van der Waals surface area contributed by atoms with Crippen LogP contribution in [0.3, 0.4) is 0 Å². The lowest BCUT2D eigenvalue weighted by Crippen LogP contribution is -2.41. The number of amides is 4. The molecule has 0 spiro atoms. The number of rotatable bonds is 4. The van der Waals surface area contributed by atoms with E-state index < -0.39 is 5.91 Å². The van der Waals surface area contributed by atoms with Gasteiger partial charge in [-0.2, -0.15) is 0 Å². The van der Waals surface area contributed by atoms with Crippen molar-refractivity contribution in [1.29, 1.82) is 0 Å². The number of thiophene rings is 1. The van der Waals surface area contributed by atoms with E-state index in [1.54, 1.807) is 0 Å². The third kappa shape index (κ3) is 5.44. The Morgan fingerprint density at radius 2 is 1.50 bits per heavy atom. The van der Waals surface area contributed by atoms with Gasteiger partial charge in [0.15, 0.2) is 0 Å². The highest BCUT2D eigenvalue weighted by Gasteiger charge is 2.21. The number of aryl methyl sites for hydroxylation is 1. The average Bonchev–Trinajstić information content (AvgIpc) is 3.07. The monoisotopic (exact) mass is 428 g/mol. The van der Waals surface area contributed by atoms with Gasteiger partial charge in [-0.15, -0.1) is 11.3 Å². The first kappa shape index (κ1) is 21.5. The first-order valence-electron chi connectivity index (χ1n) is 9.64. The minimum Gasteiger partial charge on any atom is -0.326 e. The number of carbonyl (C=O) groups is 4. The van der Waals surface area contributed by atoms with Crippen molar-refractivity contribution in [2.24, 2.45) is 5.92 Å². The van der Waals surface area contributed by atoms with Crippen LogP contribution in [0.5, 0.6) is 0 Å². The molecule has 1 atom stereocenters. The van der Waals surface area contributed by atoms with E-state index in [9.17, 15) is 19.2 Å². The lowest BCUT2D eigenvalue weighted by atomic mass is 9.90. The molecule has 1 aliphatic carbocycles. The first-order valence-corrected chi connectivity index (χ1v) is 10.5. The molecule has 9 heteroatoms. The van der Waals surface area contributed by atoms with E-state index in [0.717, 1.165) is 19.3 Å². The zero-order chi connectivity index (χ0) is 21.8. The van der Waals surface area contributed by atoms with Crippen molar-refractivity contribution in [2.75, 3.05) is 10.6 Å². The molecule has 2 aromatic rings. The normalized spacial score (nSPS) is 15.0. The quantitative estimate of drug-likeness (QED) is 0.560. The number of carbonyl (C=O) groups excluding carboxylic acids is 4. The zero-order valence-corrected chi connectivity index (χ0v) is 17.9. The van der Waals surface area contributed by atoms with E-state index >= 15 is 0 Å². The summed E-state index contributed by atoms with van der Waals surface area (Å²) < 4.78 is 0. The van der Waals surface area contributed by atoms with E-state index in [0.29, 0.717) is 22.2 Å². The number of nitrogens with one attached hydrogen (secondary N) is 4. The Hall–Kier alpha value is -3.20. The van der Waals surface area contributed by atoms with E-state index in [-0.39, 0.29) is 23.3 Å². The lowest BCUT2D eigenvalue weighted by molar-refractivity contribution is -0.115. The molecule has 30 heavy (non-hydrogen) atoms. The van der Waals surface area contributed by atoms with Crippen LogP contribution in [0.15, 0.2) is 24.3 Å². The van der Waals surface area contributed by atoms with Gasteiger partial charge in [-0.05, 0) is 55.0 Å². The van der Waals surface area contributed by atoms with Crippen molar-refractivity contribution < 1.29 is 19.2 Å². The summed E-state index contributed by atoms with van der Waals surface area (Å²) in [6, 6.07) is 6.34. The van der Waals surface area contributed by atoms with Crippen molar-refractivity contribution in [3.05, 3.63) is 45.1 Å². The minimum absolute atomic E-state index is 0.171. The van der Waals surface area contributed by atoms with Crippen LogP contribution in [-0.4, -0.2) is 23.6 Å². The Balaban J connectivity index is 1.70. The lowest BCUT2D eigenvalue weighted by Gasteiger charge is -2.16. The van der Waals surface area contributed by atoms with E-state index in [2.05, 4.69) is 28.4 Å². The second-order valence-corrected chi connectivity index (χ2v) is 8.61. The standard InChI is InChI=1S/C21H24N4O4S/c1-11-4-5-18-14(6-11)9-19(30-18)21(29)25-24-20(28)15-7-16(22-12(2)26)10-17(8-15)23-13(3)27/h7-11H,4-6H2,1-3H3,(H,22,26)(H,23,27)(H,24,28)(H,25,29). The fourth-order valence-electron chi connectivity index (χ4n) is 3.37. The summed E-state index contributed by atoms with van der Waals surface area (Å²) in [6.45, 7) is 4.88. The average molecular weight is 429 g/mol. The largest absolute Gasteiger partial charge is 0.326 e. The maximum atomic E-state index is 12.5. The van der Waals surface area contributed by atoms with Gasteiger partial charge < -0.3 is 10.6 Å². The number of anilines is 2. The Morgan fingerprint density at radius 1 is 0.900 bits per heavy atom. The highest BCUT2D eigenvalue weighted by molar-refractivity contribution is 7.14. The molecule has 8 nitrogen and oxygen atoms in total. The Bertz CT molecular complexity index is 980. The zero-order valence-electron chi connectivity index (χ0n) is 17.0. The van der Waals surface area contributed by atoms with Crippen LogP contribution in [0, 0.1) is 5.92 Å². The van der Waals surface area contributed by atoms with Gasteiger partial charge in [0.1, 0.15) is 0 Å². The molecule has 0 bridgehead atoms. The molecule has 0 saturated carbocycles. The summed E-state index contributed by atoms with van der Waals surface area (Å²) in [5.41, 5.74) is 6.91. The molecule has 0 radical (unpaired) electrons. The Labute approximate surface area is 178 Å². The molecular weight excluding hydrogens is 404 g/mol. The van der Waals surface area contributed by atoms with E-state index in [1.807, 2.05) is 6.07 Å². The summed E-state index contributed by atoms with van der Waals surface area (Å²) in [7, 11) is 0.